The predicted octanol–water partition coefficient (Wildman–Crippen LogP) is 2.68. The summed E-state index contributed by atoms with van der Waals surface area (Å²) in [6.45, 7) is -0.450. The molecular formula is C16H13BrN2O4. The molecule has 7 heteroatoms. The van der Waals surface area contributed by atoms with Gasteiger partial charge in [-0.05, 0) is 40.2 Å². The van der Waals surface area contributed by atoms with Gasteiger partial charge in [0.05, 0.1) is 11.8 Å². The first-order valence-corrected chi connectivity index (χ1v) is 7.39. The van der Waals surface area contributed by atoms with Crippen molar-refractivity contribution in [3.05, 3.63) is 64.1 Å². The number of para-hydroxylation sites is 1. The van der Waals surface area contributed by atoms with E-state index in [0.29, 0.717) is 21.3 Å². The molecule has 1 amide bonds. The molecule has 2 aromatic rings. The van der Waals surface area contributed by atoms with E-state index in [2.05, 4.69) is 26.5 Å². The smallest absolute Gasteiger partial charge is 0.341 e. The minimum Gasteiger partial charge on any atom is -0.481 e. The second-order valence-electron chi connectivity index (χ2n) is 4.40. The minimum atomic E-state index is -1.07. The molecule has 0 saturated carbocycles. The molecular weight excluding hydrogens is 364 g/mol. The minimum absolute atomic E-state index is 0.363. The number of hydrazone groups is 1. The lowest BCUT2D eigenvalue weighted by Crippen LogP contribution is -2.18. The average molecular weight is 377 g/mol. The highest BCUT2D eigenvalue weighted by Gasteiger charge is 2.08. The summed E-state index contributed by atoms with van der Waals surface area (Å²) in [5.41, 5.74) is 3.42. The van der Waals surface area contributed by atoms with Gasteiger partial charge >= 0.3 is 5.97 Å². The second kappa shape index (κ2) is 8.09. The van der Waals surface area contributed by atoms with Crippen molar-refractivity contribution < 1.29 is 19.4 Å². The zero-order valence-electron chi connectivity index (χ0n) is 11.9. The quantitative estimate of drug-likeness (QED) is 0.599. The van der Waals surface area contributed by atoms with Crippen molar-refractivity contribution in [1.82, 2.24) is 5.43 Å². The molecule has 0 saturated heterocycles. The van der Waals surface area contributed by atoms with E-state index in [-0.39, 0.29) is 5.91 Å². The highest BCUT2D eigenvalue weighted by Crippen LogP contribution is 2.16. The molecule has 0 unspecified atom stereocenters. The van der Waals surface area contributed by atoms with Gasteiger partial charge < -0.3 is 9.84 Å². The third-order valence-corrected chi connectivity index (χ3v) is 3.45. The largest absolute Gasteiger partial charge is 0.481 e. The van der Waals surface area contributed by atoms with Gasteiger partial charge in [0, 0.05) is 10.0 Å². The first-order chi connectivity index (χ1) is 11.1. The lowest BCUT2D eigenvalue weighted by atomic mass is 10.2. The summed E-state index contributed by atoms with van der Waals surface area (Å²) in [5, 5.41) is 12.5. The molecule has 6 nitrogen and oxygen atoms in total. The Morgan fingerprint density at radius 3 is 2.61 bits per heavy atom. The average Bonchev–Trinajstić information content (AvgIpc) is 2.54. The Morgan fingerprint density at radius 2 is 1.87 bits per heavy atom. The van der Waals surface area contributed by atoms with Gasteiger partial charge in [0.15, 0.2) is 6.61 Å². The van der Waals surface area contributed by atoms with E-state index >= 15 is 0 Å². The Balaban J connectivity index is 2.05. The summed E-state index contributed by atoms with van der Waals surface area (Å²) in [4.78, 5) is 22.5. The van der Waals surface area contributed by atoms with Crippen LogP contribution in [-0.2, 0) is 4.79 Å². The Hall–Kier alpha value is -2.67. The van der Waals surface area contributed by atoms with Crippen LogP contribution in [0.3, 0.4) is 0 Å². The molecule has 0 spiro atoms. The van der Waals surface area contributed by atoms with Gasteiger partial charge in [0.25, 0.3) is 5.91 Å². The molecule has 0 aliphatic heterocycles. The van der Waals surface area contributed by atoms with E-state index in [9.17, 15) is 9.59 Å². The standard InChI is InChI=1S/C16H13BrN2O4/c17-13-7-3-2-6-12(13)16(22)19-18-9-11-5-1-4-8-14(11)23-10-15(20)21/h1-9H,10H2,(H,19,22)(H,20,21)/b18-9+. The van der Waals surface area contributed by atoms with Crippen molar-refractivity contribution in [2.45, 2.75) is 0 Å². The van der Waals surface area contributed by atoms with Crippen LogP contribution >= 0.6 is 15.9 Å². The monoisotopic (exact) mass is 376 g/mol. The van der Waals surface area contributed by atoms with Crippen LogP contribution in [0.25, 0.3) is 0 Å². The third kappa shape index (κ3) is 4.93. The fourth-order valence-electron chi connectivity index (χ4n) is 1.72. The van der Waals surface area contributed by atoms with Crippen LogP contribution in [0.2, 0.25) is 0 Å². The third-order valence-electron chi connectivity index (χ3n) is 2.76. The topological polar surface area (TPSA) is 88.0 Å². The molecule has 23 heavy (non-hydrogen) atoms. The molecule has 0 heterocycles. The molecule has 0 bridgehead atoms. The first-order valence-electron chi connectivity index (χ1n) is 6.59. The number of benzene rings is 2. The molecule has 2 rings (SSSR count). The first kappa shape index (κ1) is 16.7. The molecule has 0 aromatic heterocycles. The number of hydrogen-bond donors (Lipinski definition) is 2. The second-order valence-corrected chi connectivity index (χ2v) is 5.25. The normalized spacial score (nSPS) is 10.5. The van der Waals surface area contributed by atoms with Gasteiger partial charge in [-0.25, -0.2) is 10.2 Å². The summed E-state index contributed by atoms with van der Waals surface area (Å²) in [6, 6.07) is 13.8. The van der Waals surface area contributed by atoms with Crippen molar-refractivity contribution in [1.29, 1.82) is 0 Å². The number of nitrogens with one attached hydrogen (secondary N) is 1. The van der Waals surface area contributed by atoms with Crippen molar-refractivity contribution in [2.24, 2.45) is 5.10 Å². The fourth-order valence-corrected chi connectivity index (χ4v) is 2.19. The molecule has 0 atom stereocenters. The van der Waals surface area contributed by atoms with Gasteiger partial charge in [-0.15, -0.1) is 0 Å². The van der Waals surface area contributed by atoms with Crippen LogP contribution in [0.15, 0.2) is 58.1 Å². The number of carboxylic acid groups (broad SMARTS) is 1. The summed E-state index contributed by atoms with van der Waals surface area (Å²) >= 11 is 3.29. The SMILES string of the molecule is O=C(O)COc1ccccc1/C=N/NC(=O)c1ccccc1Br. The Kier molecular flexibility index (Phi) is 5.87. The summed E-state index contributed by atoms with van der Waals surface area (Å²) in [7, 11) is 0. The van der Waals surface area contributed by atoms with Crippen molar-refractivity contribution in [2.75, 3.05) is 6.61 Å². The molecule has 0 fully saturated rings. The lowest BCUT2D eigenvalue weighted by molar-refractivity contribution is -0.139. The highest BCUT2D eigenvalue weighted by atomic mass is 79.9. The van der Waals surface area contributed by atoms with E-state index in [1.807, 2.05) is 0 Å². The Morgan fingerprint density at radius 1 is 1.17 bits per heavy atom. The molecule has 0 aliphatic rings. The molecule has 0 aliphatic carbocycles. The number of hydrogen-bond acceptors (Lipinski definition) is 4. The van der Waals surface area contributed by atoms with Crippen LogP contribution < -0.4 is 10.2 Å². The van der Waals surface area contributed by atoms with Crippen LogP contribution in [0.4, 0.5) is 0 Å². The van der Waals surface area contributed by atoms with E-state index in [4.69, 9.17) is 9.84 Å². The number of amides is 1. The summed E-state index contributed by atoms with van der Waals surface area (Å²) < 4.78 is 5.81. The number of halogens is 1. The van der Waals surface area contributed by atoms with Crippen LogP contribution in [0.1, 0.15) is 15.9 Å². The van der Waals surface area contributed by atoms with Gasteiger partial charge in [-0.1, -0.05) is 24.3 Å². The number of carbonyl (C=O) groups excluding carboxylic acids is 1. The van der Waals surface area contributed by atoms with Crippen LogP contribution in [-0.4, -0.2) is 29.8 Å². The van der Waals surface area contributed by atoms with E-state index in [0.717, 1.165) is 0 Å². The summed E-state index contributed by atoms with van der Waals surface area (Å²) in [5.74, 6) is -1.06. The van der Waals surface area contributed by atoms with E-state index < -0.39 is 12.6 Å². The van der Waals surface area contributed by atoms with Crippen molar-refractivity contribution >= 4 is 34.0 Å². The van der Waals surface area contributed by atoms with Crippen LogP contribution in [0.5, 0.6) is 5.75 Å². The number of aliphatic carboxylic acids is 1. The van der Waals surface area contributed by atoms with E-state index in [1.165, 1.54) is 6.21 Å². The zero-order valence-corrected chi connectivity index (χ0v) is 13.5. The van der Waals surface area contributed by atoms with Crippen molar-refractivity contribution in [3.63, 3.8) is 0 Å². The maximum atomic E-state index is 12.0. The maximum absolute atomic E-state index is 12.0. The van der Waals surface area contributed by atoms with Gasteiger partial charge in [-0.2, -0.15) is 5.10 Å². The number of ether oxygens (including phenoxy) is 1. The van der Waals surface area contributed by atoms with Crippen LogP contribution in [0, 0.1) is 0 Å². The molecule has 0 radical (unpaired) electrons. The number of carboxylic acids is 1. The Labute approximate surface area is 140 Å². The maximum Gasteiger partial charge on any atom is 0.341 e. The molecule has 2 N–H and O–H groups in total. The number of nitrogens with zero attached hydrogens (tertiary/aromatic N) is 1. The zero-order chi connectivity index (χ0) is 16.7. The Bertz CT molecular complexity index is 746. The van der Waals surface area contributed by atoms with Crippen molar-refractivity contribution in [3.8, 4) is 5.75 Å². The number of carbonyl (C=O) groups is 2. The molecule has 2 aromatic carbocycles. The summed E-state index contributed by atoms with van der Waals surface area (Å²) in [6.07, 6.45) is 1.39. The fraction of sp³-hybridized carbons (Fsp3) is 0.0625. The molecule has 118 valence electrons. The van der Waals surface area contributed by atoms with Gasteiger partial charge in [0.2, 0.25) is 0 Å². The van der Waals surface area contributed by atoms with Gasteiger partial charge in [-0.3, -0.25) is 4.79 Å². The lowest BCUT2D eigenvalue weighted by Gasteiger charge is -2.06. The highest BCUT2D eigenvalue weighted by molar-refractivity contribution is 9.10. The van der Waals surface area contributed by atoms with Gasteiger partial charge in [0.1, 0.15) is 5.75 Å². The van der Waals surface area contributed by atoms with E-state index in [1.54, 1.807) is 48.5 Å². The predicted molar refractivity (Wildman–Crippen MR) is 88.8 cm³/mol. The number of rotatable bonds is 6.